The summed E-state index contributed by atoms with van der Waals surface area (Å²) in [6, 6.07) is 0.353. The number of carbonyl (C=O) groups is 1. The number of methoxy groups -OCH3 is 1. The highest BCUT2D eigenvalue weighted by Gasteiger charge is 2.26. The lowest BCUT2D eigenvalue weighted by Gasteiger charge is -2.27. The molecule has 1 fully saturated rings. The first-order valence-electron chi connectivity index (χ1n) is 7.22. The van der Waals surface area contributed by atoms with Crippen LogP contribution in [-0.2, 0) is 9.53 Å². The predicted molar refractivity (Wildman–Crippen MR) is 80.5 cm³/mol. The molecule has 1 amide bonds. The topological polar surface area (TPSA) is 64.3 Å². The molecule has 114 valence electrons. The van der Waals surface area contributed by atoms with Crippen LogP contribution in [0.5, 0.6) is 0 Å². The molecule has 1 saturated carbocycles. The number of hydrogen-bond acceptors (Lipinski definition) is 3. The summed E-state index contributed by atoms with van der Waals surface area (Å²) in [5.74, 6) is 0.276. The van der Waals surface area contributed by atoms with Crippen LogP contribution in [0.3, 0.4) is 0 Å². The van der Waals surface area contributed by atoms with Crippen LogP contribution >= 0.6 is 12.4 Å². The Morgan fingerprint density at radius 2 is 2.21 bits per heavy atom. The maximum Gasteiger partial charge on any atom is 0.223 e. The molecule has 0 saturated heterocycles. The lowest BCUT2D eigenvalue weighted by molar-refractivity contribution is -0.127. The van der Waals surface area contributed by atoms with Crippen molar-refractivity contribution in [2.45, 2.75) is 64.0 Å². The number of ether oxygens (including phenoxy) is 1. The van der Waals surface area contributed by atoms with E-state index in [9.17, 15) is 4.79 Å². The van der Waals surface area contributed by atoms with E-state index in [1.807, 2.05) is 0 Å². The molecule has 3 atom stereocenters. The third kappa shape index (κ3) is 7.14. The van der Waals surface area contributed by atoms with Gasteiger partial charge in [-0.15, -0.1) is 12.4 Å². The van der Waals surface area contributed by atoms with E-state index in [-0.39, 0.29) is 36.3 Å². The minimum Gasteiger partial charge on any atom is -0.383 e. The largest absolute Gasteiger partial charge is 0.383 e. The van der Waals surface area contributed by atoms with Gasteiger partial charge in [-0.2, -0.15) is 0 Å². The fourth-order valence-electron chi connectivity index (χ4n) is 2.63. The van der Waals surface area contributed by atoms with E-state index < -0.39 is 0 Å². The van der Waals surface area contributed by atoms with Gasteiger partial charge < -0.3 is 15.8 Å². The van der Waals surface area contributed by atoms with Crippen LogP contribution in [0.1, 0.15) is 51.9 Å². The summed E-state index contributed by atoms with van der Waals surface area (Å²) in [6.45, 7) is 2.76. The highest BCUT2D eigenvalue weighted by Crippen LogP contribution is 2.23. The molecule has 0 aliphatic heterocycles. The highest BCUT2D eigenvalue weighted by atomic mass is 35.5. The molecule has 0 aromatic rings. The summed E-state index contributed by atoms with van der Waals surface area (Å²) in [5, 5.41) is 3.12. The summed E-state index contributed by atoms with van der Waals surface area (Å²) in [5.41, 5.74) is 5.93. The Morgan fingerprint density at radius 3 is 2.79 bits per heavy atom. The highest BCUT2D eigenvalue weighted by molar-refractivity contribution is 5.85. The minimum atomic E-state index is 0. The van der Waals surface area contributed by atoms with Crippen molar-refractivity contribution in [3.63, 3.8) is 0 Å². The molecule has 0 aromatic heterocycles. The zero-order valence-electron chi connectivity index (χ0n) is 12.2. The maximum absolute atomic E-state index is 12.2. The van der Waals surface area contributed by atoms with E-state index in [0.29, 0.717) is 6.61 Å². The van der Waals surface area contributed by atoms with Crippen LogP contribution in [0, 0.1) is 5.92 Å². The van der Waals surface area contributed by atoms with Gasteiger partial charge in [0.25, 0.3) is 0 Å². The van der Waals surface area contributed by atoms with E-state index in [4.69, 9.17) is 10.5 Å². The third-order valence-electron chi connectivity index (χ3n) is 3.71. The second kappa shape index (κ2) is 10.5. The molecule has 5 heteroatoms. The molecule has 1 aliphatic carbocycles. The molecule has 0 heterocycles. The van der Waals surface area contributed by atoms with Gasteiger partial charge in [0, 0.05) is 19.1 Å². The Hall–Kier alpha value is -0.320. The molecule has 3 unspecified atom stereocenters. The van der Waals surface area contributed by atoms with Crippen molar-refractivity contribution in [1.82, 2.24) is 5.32 Å². The fourth-order valence-corrected chi connectivity index (χ4v) is 2.63. The SMILES string of the molecule is CCCCC(COC)NC(=O)C1CCCC(N)C1.Cl. The second-order valence-electron chi connectivity index (χ2n) is 5.43. The van der Waals surface area contributed by atoms with Crippen LogP contribution in [0.25, 0.3) is 0 Å². The predicted octanol–water partition coefficient (Wildman–Crippen LogP) is 2.25. The Kier molecular flexibility index (Phi) is 10.3. The molecule has 3 N–H and O–H groups in total. The van der Waals surface area contributed by atoms with Crippen molar-refractivity contribution < 1.29 is 9.53 Å². The van der Waals surface area contributed by atoms with Crippen LogP contribution in [0.15, 0.2) is 0 Å². The van der Waals surface area contributed by atoms with Gasteiger partial charge in [0.15, 0.2) is 0 Å². The van der Waals surface area contributed by atoms with E-state index in [1.165, 1.54) is 0 Å². The Balaban J connectivity index is 0.00000324. The van der Waals surface area contributed by atoms with E-state index in [2.05, 4.69) is 12.2 Å². The molecule has 0 aromatic carbocycles. The molecule has 1 aliphatic rings. The van der Waals surface area contributed by atoms with Crippen molar-refractivity contribution in [1.29, 1.82) is 0 Å². The van der Waals surface area contributed by atoms with E-state index in [1.54, 1.807) is 7.11 Å². The minimum absolute atomic E-state index is 0. The van der Waals surface area contributed by atoms with Crippen LogP contribution in [-0.4, -0.2) is 31.7 Å². The molecule has 0 radical (unpaired) electrons. The van der Waals surface area contributed by atoms with Gasteiger partial charge in [0.05, 0.1) is 12.6 Å². The van der Waals surface area contributed by atoms with Gasteiger partial charge in [-0.1, -0.05) is 26.2 Å². The number of nitrogens with two attached hydrogens (primary N) is 1. The molecular weight excluding hydrogens is 264 g/mol. The third-order valence-corrected chi connectivity index (χ3v) is 3.71. The van der Waals surface area contributed by atoms with Gasteiger partial charge in [0.2, 0.25) is 5.91 Å². The number of hydrogen-bond donors (Lipinski definition) is 2. The molecule has 0 bridgehead atoms. The van der Waals surface area contributed by atoms with Crippen LogP contribution in [0.2, 0.25) is 0 Å². The average Bonchev–Trinajstić information content (AvgIpc) is 2.36. The number of unbranched alkanes of at least 4 members (excludes halogenated alkanes) is 1. The van der Waals surface area contributed by atoms with Crippen molar-refractivity contribution in [3.8, 4) is 0 Å². The van der Waals surface area contributed by atoms with Crippen molar-refractivity contribution in [2.24, 2.45) is 11.7 Å². The smallest absolute Gasteiger partial charge is 0.223 e. The number of amides is 1. The second-order valence-corrected chi connectivity index (χ2v) is 5.43. The molecular formula is C14H29ClN2O2. The van der Waals surface area contributed by atoms with E-state index >= 15 is 0 Å². The van der Waals surface area contributed by atoms with Gasteiger partial charge in [-0.05, 0) is 25.7 Å². The lowest BCUT2D eigenvalue weighted by atomic mass is 9.85. The summed E-state index contributed by atoms with van der Waals surface area (Å²) in [7, 11) is 1.68. The first-order chi connectivity index (χ1) is 8.67. The van der Waals surface area contributed by atoms with Crippen molar-refractivity contribution >= 4 is 18.3 Å². The van der Waals surface area contributed by atoms with Crippen molar-refractivity contribution in [3.05, 3.63) is 0 Å². The fraction of sp³-hybridized carbons (Fsp3) is 0.929. The summed E-state index contributed by atoms with van der Waals surface area (Å²) in [4.78, 5) is 12.2. The first-order valence-corrected chi connectivity index (χ1v) is 7.22. The van der Waals surface area contributed by atoms with Gasteiger partial charge >= 0.3 is 0 Å². The maximum atomic E-state index is 12.2. The number of rotatable bonds is 7. The quantitative estimate of drug-likeness (QED) is 0.756. The monoisotopic (exact) mass is 292 g/mol. The molecule has 1 rings (SSSR count). The normalized spacial score (nSPS) is 24.4. The van der Waals surface area contributed by atoms with E-state index in [0.717, 1.165) is 44.9 Å². The van der Waals surface area contributed by atoms with Gasteiger partial charge in [0.1, 0.15) is 0 Å². The molecule has 19 heavy (non-hydrogen) atoms. The molecule has 4 nitrogen and oxygen atoms in total. The van der Waals surface area contributed by atoms with Gasteiger partial charge in [-0.25, -0.2) is 0 Å². The Labute approximate surface area is 123 Å². The number of halogens is 1. The Morgan fingerprint density at radius 1 is 1.47 bits per heavy atom. The van der Waals surface area contributed by atoms with Crippen LogP contribution < -0.4 is 11.1 Å². The number of nitrogens with one attached hydrogen (secondary N) is 1. The molecule has 0 spiro atoms. The van der Waals surface area contributed by atoms with Crippen LogP contribution in [0.4, 0.5) is 0 Å². The summed E-state index contributed by atoms with van der Waals surface area (Å²) >= 11 is 0. The number of carbonyl (C=O) groups excluding carboxylic acids is 1. The average molecular weight is 293 g/mol. The first kappa shape index (κ1) is 18.7. The van der Waals surface area contributed by atoms with Gasteiger partial charge in [-0.3, -0.25) is 4.79 Å². The zero-order chi connectivity index (χ0) is 13.4. The Bertz CT molecular complexity index is 252. The summed E-state index contributed by atoms with van der Waals surface area (Å²) in [6.07, 6.45) is 7.20. The standard InChI is InChI=1S/C14H28N2O2.ClH/c1-3-4-8-13(10-18-2)16-14(17)11-6-5-7-12(15)9-11;/h11-13H,3-10,15H2,1-2H3,(H,16,17);1H. The summed E-state index contributed by atoms with van der Waals surface area (Å²) < 4.78 is 5.17. The zero-order valence-corrected chi connectivity index (χ0v) is 13.0. The van der Waals surface area contributed by atoms with Crippen molar-refractivity contribution in [2.75, 3.05) is 13.7 Å². The lowest BCUT2D eigenvalue weighted by Crippen LogP contribution is -2.44.